The largest absolute Gasteiger partial charge is 0.467 e. The Hall–Kier alpha value is -4.32. The van der Waals surface area contributed by atoms with E-state index >= 15 is 0 Å². The molecular weight excluding hydrogens is 392 g/mol. The molecule has 154 valence electrons. The van der Waals surface area contributed by atoms with E-state index in [0.29, 0.717) is 28.4 Å². The summed E-state index contributed by atoms with van der Waals surface area (Å²) in [6, 6.07) is 26.2. The van der Waals surface area contributed by atoms with Crippen LogP contribution in [0.5, 0.6) is 11.5 Å². The summed E-state index contributed by atoms with van der Waals surface area (Å²) < 4.78 is 11.3. The van der Waals surface area contributed by atoms with Crippen molar-refractivity contribution >= 4 is 11.8 Å². The van der Waals surface area contributed by atoms with E-state index in [1.54, 1.807) is 60.9 Å². The number of hydrogen-bond acceptors (Lipinski definition) is 4. The van der Waals surface area contributed by atoms with Crippen LogP contribution in [0.1, 0.15) is 38.1 Å². The lowest BCUT2D eigenvalue weighted by Crippen LogP contribution is -2.29. The van der Waals surface area contributed by atoms with Gasteiger partial charge in [-0.2, -0.15) is 0 Å². The first kappa shape index (κ1) is 20.0. The van der Waals surface area contributed by atoms with Crippen molar-refractivity contribution in [3.05, 3.63) is 120 Å². The monoisotopic (exact) mass is 412 g/mol. The zero-order chi connectivity index (χ0) is 21.6. The van der Waals surface area contributed by atoms with Crippen molar-refractivity contribution in [2.75, 3.05) is 0 Å². The molecule has 0 aliphatic carbocycles. The zero-order valence-corrected chi connectivity index (χ0v) is 16.5. The highest BCUT2D eigenvalue weighted by Gasteiger charge is 2.20. The highest BCUT2D eigenvalue weighted by Crippen LogP contribution is 2.25. The van der Waals surface area contributed by atoms with Crippen LogP contribution in [0.2, 0.25) is 0 Å². The van der Waals surface area contributed by atoms with Crippen molar-refractivity contribution in [3.63, 3.8) is 0 Å². The summed E-state index contributed by atoms with van der Waals surface area (Å²) >= 11 is 0. The highest BCUT2D eigenvalue weighted by molar-refractivity contribution is 5.95. The third kappa shape index (κ3) is 4.82. The minimum atomic E-state index is -0.495. The summed E-state index contributed by atoms with van der Waals surface area (Å²) in [4.78, 5) is 24.0. The maximum atomic E-state index is 12.9. The number of benzene rings is 3. The third-order valence-corrected chi connectivity index (χ3v) is 4.73. The number of carbonyl (C=O) groups is 2. The van der Waals surface area contributed by atoms with Gasteiger partial charge < -0.3 is 20.2 Å². The van der Waals surface area contributed by atoms with Gasteiger partial charge in [-0.25, -0.2) is 0 Å². The number of primary amides is 1. The predicted octanol–water partition coefficient (Wildman–Crippen LogP) is 4.69. The molecule has 1 heterocycles. The van der Waals surface area contributed by atoms with Crippen molar-refractivity contribution in [3.8, 4) is 11.5 Å². The van der Waals surface area contributed by atoms with Crippen LogP contribution in [0.3, 0.4) is 0 Å². The van der Waals surface area contributed by atoms with E-state index in [1.807, 2.05) is 36.4 Å². The number of ether oxygens (including phenoxy) is 1. The van der Waals surface area contributed by atoms with Crippen LogP contribution in [0.25, 0.3) is 0 Å². The summed E-state index contributed by atoms with van der Waals surface area (Å²) in [5.74, 6) is 1.05. The second-order valence-electron chi connectivity index (χ2n) is 6.85. The van der Waals surface area contributed by atoms with E-state index in [2.05, 4.69) is 5.32 Å². The quantitative estimate of drug-likeness (QED) is 0.460. The fourth-order valence-electron chi connectivity index (χ4n) is 3.13. The second kappa shape index (κ2) is 9.00. The van der Waals surface area contributed by atoms with Gasteiger partial charge in [0.05, 0.1) is 6.26 Å². The zero-order valence-electron chi connectivity index (χ0n) is 16.5. The van der Waals surface area contributed by atoms with Gasteiger partial charge in [-0.05, 0) is 66.2 Å². The number of rotatable bonds is 7. The van der Waals surface area contributed by atoms with Gasteiger partial charge in [0.2, 0.25) is 5.91 Å². The van der Waals surface area contributed by atoms with Crippen LogP contribution in [-0.2, 0) is 0 Å². The van der Waals surface area contributed by atoms with Crippen molar-refractivity contribution in [2.24, 2.45) is 5.73 Å². The van der Waals surface area contributed by atoms with Gasteiger partial charge in [-0.3, -0.25) is 9.59 Å². The summed E-state index contributed by atoms with van der Waals surface area (Å²) in [5.41, 5.74) is 7.06. The standard InChI is InChI=1S/C25H20N2O4/c26-24(28)18-8-12-20(13-9-18)31-21-14-10-19(11-15-21)25(29)27-23(22-7-4-16-30-22)17-5-2-1-3-6-17/h1-16,23H,(H2,26,28)(H,27,29). The van der Waals surface area contributed by atoms with Crippen LogP contribution >= 0.6 is 0 Å². The SMILES string of the molecule is NC(=O)c1ccc(Oc2ccc(C(=O)NC(c3ccccc3)c3ccco3)cc2)cc1. The van der Waals surface area contributed by atoms with Crippen molar-refractivity contribution in [1.29, 1.82) is 0 Å². The van der Waals surface area contributed by atoms with Gasteiger partial charge in [0.1, 0.15) is 23.3 Å². The fraction of sp³-hybridized carbons (Fsp3) is 0.0400. The number of carbonyl (C=O) groups excluding carboxylic acids is 2. The average molecular weight is 412 g/mol. The van der Waals surface area contributed by atoms with Gasteiger partial charge in [0.15, 0.2) is 0 Å². The number of nitrogens with two attached hydrogens (primary N) is 1. The molecule has 1 aromatic heterocycles. The lowest BCUT2D eigenvalue weighted by atomic mass is 10.0. The first-order valence-electron chi connectivity index (χ1n) is 9.67. The average Bonchev–Trinajstić information content (AvgIpc) is 3.33. The van der Waals surface area contributed by atoms with Gasteiger partial charge in [0.25, 0.3) is 5.91 Å². The van der Waals surface area contributed by atoms with E-state index in [-0.39, 0.29) is 5.91 Å². The molecule has 6 heteroatoms. The molecule has 0 fully saturated rings. The van der Waals surface area contributed by atoms with Crippen LogP contribution in [0.15, 0.2) is 102 Å². The molecule has 0 aliphatic rings. The summed E-state index contributed by atoms with van der Waals surface area (Å²) in [6.07, 6.45) is 1.58. The Balaban J connectivity index is 1.46. The smallest absolute Gasteiger partial charge is 0.252 e. The number of amides is 2. The van der Waals surface area contributed by atoms with Crippen LogP contribution in [-0.4, -0.2) is 11.8 Å². The molecule has 0 aliphatic heterocycles. The molecule has 1 unspecified atom stereocenters. The van der Waals surface area contributed by atoms with E-state index in [4.69, 9.17) is 14.9 Å². The minimum Gasteiger partial charge on any atom is -0.467 e. The number of hydrogen-bond donors (Lipinski definition) is 2. The Morgan fingerprint density at radius 2 is 1.39 bits per heavy atom. The summed E-state index contributed by atoms with van der Waals surface area (Å²) in [6.45, 7) is 0. The van der Waals surface area contributed by atoms with E-state index in [0.717, 1.165) is 5.56 Å². The molecule has 3 N–H and O–H groups in total. The van der Waals surface area contributed by atoms with E-state index in [1.165, 1.54) is 0 Å². The molecule has 31 heavy (non-hydrogen) atoms. The topological polar surface area (TPSA) is 94.6 Å². The number of furan rings is 1. The Labute approximate surface area is 179 Å². The molecule has 4 aromatic rings. The normalized spacial score (nSPS) is 11.5. The van der Waals surface area contributed by atoms with Crippen molar-refractivity contribution < 1.29 is 18.7 Å². The lowest BCUT2D eigenvalue weighted by molar-refractivity contribution is 0.0938. The first-order chi connectivity index (χ1) is 15.1. The Bertz CT molecular complexity index is 1150. The van der Waals surface area contributed by atoms with Crippen molar-refractivity contribution in [2.45, 2.75) is 6.04 Å². The minimum absolute atomic E-state index is 0.234. The fourth-order valence-corrected chi connectivity index (χ4v) is 3.13. The molecular formula is C25H20N2O4. The molecule has 1 atom stereocenters. The molecule has 0 spiro atoms. The molecule has 0 saturated heterocycles. The molecule has 0 radical (unpaired) electrons. The molecule has 2 amide bonds. The summed E-state index contributed by atoms with van der Waals surface area (Å²) in [7, 11) is 0. The Morgan fingerprint density at radius 1 is 0.774 bits per heavy atom. The Morgan fingerprint density at radius 3 is 1.94 bits per heavy atom. The van der Waals surface area contributed by atoms with Gasteiger partial charge >= 0.3 is 0 Å². The molecule has 4 rings (SSSR count). The maximum absolute atomic E-state index is 12.9. The lowest BCUT2D eigenvalue weighted by Gasteiger charge is -2.17. The number of nitrogens with one attached hydrogen (secondary N) is 1. The van der Waals surface area contributed by atoms with E-state index < -0.39 is 11.9 Å². The van der Waals surface area contributed by atoms with Gasteiger partial charge in [-0.15, -0.1) is 0 Å². The first-order valence-corrected chi connectivity index (χ1v) is 9.67. The van der Waals surface area contributed by atoms with E-state index in [9.17, 15) is 9.59 Å². The van der Waals surface area contributed by atoms with Crippen molar-refractivity contribution in [1.82, 2.24) is 5.32 Å². The van der Waals surface area contributed by atoms with Crippen LogP contribution in [0, 0.1) is 0 Å². The second-order valence-corrected chi connectivity index (χ2v) is 6.85. The predicted molar refractivity (Wildman–Crippen MR) is 116 cm³/mol. The molecule has 0 saturated carbocycles. The Kier molecular flexibility index (Phi) is 5.80. The van der Waals surface area contributed by atoms with Crippen LogP contribution < -0.4 is 15.8 Å². The summed E-state index contributed by atoms with van der Waals surface area (Å²) in [5, 5.41) is 3.02. The van der Waals surface area contributed by atoms with Gasteiger partial charge in [0, 0.05) is 11.1 Å². The van der Waals surface area contributed by atoms with Crippen LogP contribution in [0.4, 0.5) is 0 Å². The maximum Gasteiger partial charge on any atom is 0.252 e. The van der Waals surface area contributed by atoms with Gasteiger partial charge in [-0.1, -0.05) is 30.3 Å². The molecule has 0 bridgehead atoms. The molecule has 3 aromatic carbocycles. The molecule has 6 nitrogen and oxygen atoms in total. The highest BCUT2D eigenvalue weighted by atomic mass is 16.5. The third-order valence-electron chi connectivity index (χ3n) is 4.73.